The highest BCUT2D eigenvalue weighted by molar-refractivity contribution is 5.24. The van der Waals surface area contributed by atoms with Crippen molar-refractivity contribution in [2.45, 2.75) is 53.0 Å². The maximum Gasteiger partial charge on any atom is 0.0628 e. The van der Waals surface area contributed by atoms with Crippen molar-refractivity contribution in [1.29, 1.82) is 0 Å². The number of aryl methyl sites for hydroxylation is 2. The van der Waals surface area contributed by atoms with Gasteiger partial charge in [0.05, 0.1) is 5.69 Å². The van der Waals surface area contributed by atoms with Crippen LogP contribution in [0.1, 0.15) is 43.6 Å². The Labute approximate surface area is 105 Å². The maximum absolute atomic E-state index is 5.60. The average Bonchev–Trinajstić information content (AvgIpc) is 2.49. The fourth-order valence-corrected chi connectivity index (χ4v) is 2.34. The summed E-state index contributed by atoms with van der Waals surface area (Å²) >= 11 is 0. The van der Waals surface area contributed by atoms with Crippen molar-refractivity contribution in [3.8, 4) is 0 Å². The van der Waals surface area contributed by atoms with Crippen LogP contribution in [0.3, 0.4) is 0 Å². The monoisotopic (exact) mass is 238 g/mol. The molecule has 0 amide bonds. The van der Waals surface area contributed by atoms with E-state index < -0.39 is 0 Å². The first kappa shape index (κ1) is 14.2. The quantitative estimate of drug-likeness (QED) is 0.587. The fourth-order valence-electron chi connectivity index (χ4n) is 2.34. The van der Waals surface area contributed by atoms with Crippen LogP contribution < -0.4 is 11.3 Å². The molecule has 1 rings (SSSR count). The molecule has 0 fully saturated rings. The van der Waals surface area contributed by atoms with Crippen LogP contribution in [-0.4, -0.2) is 15.8 Å². The summed E-state index contributed by atoms with van der Waals surface area (Å²) in [6.07, 6.45) is 3.24. The van der Waals surface area contributed by atoms with Gasteiger partial charge in [-0.2, -0.15) is 5.10 Å². The van der Waals surface area contributed by atoms with E-state index in [1.54, 1.807) is 0 Å². The van der Waals surface area contributed by atoms with Crippen LogP contribution in [0, 0.1) is 19.8 Å². The number of nitrogens with one attached hydrogen (secondary N) is 1. The molecule has 98 valence electrons. The average molecular weight is 238 g/mol. The Morgan fingerprint density at radius 1 is 1.35 bits per heavy atom. The summed E-state index contributed by atoms with van der Waals surface area (Å²) in [6.45, 7) is 8.66. The Bertz CT molecular complexity index is 355. The Kier molecular flexibility index (Phi) is 5.15. The summed E-state index contributed by atoms with van der Waals surface area (Å²) in [6, 6.07) is 0.397. The van der Waals surface area contributed by atoms with Crippen LogP contribution in [0.5, 0.6) is 0 Å². The lowest BCUT2D eigenvalue weighted by Gasteiger charge is -2.17. The van der Waals surface area contributed by atoms with E-state index in [0.717, 1.165) is 25.0 Å². The van der Waals surface area contributed by atoms with E-state index >= 15 is 0 Å². The molecule has 0 saturated heterocycles. The lowest BCUT2D eigenvalue weighted by molar-refractivity contribution is 0.404. The summed E-state index contributed by atoms with van der Waals surface area (Å²) in [7, 11) is 2.00. The molecule has 0 radical (unpaired) electrons. The van der Waals surface area contributed by atoms with Crippen LogP contribution in [0.15, 0.2) is 0 Å². The summed E-state index contributed by atoms with van der Waals surface area (Å²) in [5.41, 5.74) is 6.70. The zero-order valence-electron chi connectivity index (χ0n) is 11.7. The van der Waals surface area contributed by atoms with Crippen molar-refractivity contribution in [3.63, 3.8) is 0 Å². The molecule has 3 N–H and O–H groups in total. The van der Waals surface area contributed by atoms with Crippen LogP contribution in [-0.2, 0) is 13.5 Å². The number of aromatic nitrogens is 2. The summed E-state index contributed by atoms with van der Waals surface area (Å²) in [5, 5.41) is 4.44. The minimum absolute atomic E-state index is 0.397. The molecule has 1 unspecified atom stereocenters. The molecule has 0 aliphatic heterocycles. The first-order valence-corrected chi connectivity index (χ1v) is 6.40. The van der Waals surface area contributed by atoms with Crippen molar-refractivity contribution in [3.05, 3.63) is 17.0 Å². The molecule has 0 aromatic carbocycles. The second kappa shape index (κ2) is 6.17. The lowest BCUT2D eigenvalue weighted by Crippen LogP contribution is -2.36. The number of rotatable bonds is 6. The Morgan fingerprint density at radius 2 is 2.00 bits per heavy atom. The molecule has 0 bridgehead atoms. The van der Waals surface area contributed by atoms with Crippen LogP contribution in [0.2, 0.25) is 0 Å². The molecule has 1 heterocycles. The van der Waals surface area contributed by atoms with Gasteiger partial charge in [0, 0.05) is 18.8 Å². The van der Waals surface area contributed by atoms with Gasteiger partial charge in [0.25, 0.3) is 0 Å². The zero-order chi connectivity index (χ0) is 13.0. The summed E-state index contributed by atoms with van der Waals surface area (Å²) < 4.78 is 1.96. The van der Waals surface area contributed by atoms with Gasteiger partial charge < -0.3 is 0 Å². The molecule has 0 spiro atoms. The molecule has 0 saturated carbocycles. The largest absolute Gasteiger partial charge is 0.272 e. The number of hydrogen-bond donors (Lipinski definition) is 2. The predicted molar refractivity (Wildman–Crippen MR) is 71.6 cm³/mol. The van der Waals surface area contributed by atoms with Crippen molar-refractivity contribution in [2.24, 2.45) is 18.8 Å². The van der Waals surface area contributed by atoms with E-state index in [9.17, 15) is 0 Å². The highest BCUT2D eigenvalue weighted by Gasteiger charge is 2.13. The Balaban J connectivity index is 2.59. The van der Waals surface area contributed by atoms with E-state index in [-0.39, 0.29) is 0 Å². The molecule has 1 aromatic heterocycles. The van der Waals surface area contributed by atoms with Crippen LogP contribution in [0.4, 0.5) is 0 Å². The van der Waals surface area contributed by atoms with Gasteiger partial charge in [-0.1, -0.05) is 13.8 Å². The molecule has 4 nitrogen and oxygen atoms in total. The first-order valence-electron chi connectivity index (χ1n) is 6.40. The van der Waals surface area contributed by atoms with Gasteiger partial charge in [-0.15, -0.1) is 0 Å². The van der Waals surface area contributed by atoms with E-state index in [1.807, 2.05) is 11.7 Å². The number of hydrazine groups is 1. The third-order valence-corrected chi connectivity index (χ3v) is 3.39. The third-order valence-electron chi connectivity index (χ3n) is 3.39. The second-order valence-corrected chi connectivity index (χ2v) is 5.30. The van der Waals surface area contributed by atoms with Crippen molar-refractivity contribution >= 4 is 0 Å². The molecular formula is C13H26N4. The minimum atomic E-state index is 0.397. The highest BCUT2D eigenvalue weighted by atomic mass is 15.3. The molecule has 17 heavy (non-hydrogen) atoms. The number of nitrogens with zero attached hydrogens (tertiary/aromatic N) is 2. The SMILES string of the molecule is Cc1nn(C)c(C)c1CCC(CC(C)C)NN. The Hall–Kier alpha value is -0.870. The van der Waals surface area contributed by atoms with E-state index in [0.29, 0.717) is 12.0 Å². The van der Waals surface area contributed by atoms with E-state index in [1.165, 1.54) is 11.3 Å². The third kappa shape index (κ3) is 3.82. The smallest absolute Gasteiger partial charge is 0.0628 e. The van der Waals surface area contributed by atoms with E-state index in [4.69, 9.17) is 5.84 Å². The van der Waals surface area contributed by atoms with Crippen molar-refractivity contribution < 1.29 is 0 Å². The van der Waals surface area contributed by atoms with Crippen molar-refractivity contribution in [1.82, 2.24) is 15.2 Å². The van der Waals surface area contributed by atoms with Gasteiger partial charge in [-0.25, -0.2) is 0 Å². The summed E-state index contributed by atoms with van der Waals surface area (Å²) in [4.78, 5) is 0. The topological polar surface area (TPSA) is 55.9 Å². The van der Waals surface area contributed by atoms with Gasteiger partial charge in [0.2, 0.25) is 0 Å². The second-order valence-electron chi connectivity index (χ2n) is 5.30. The number of nitrogens with two attached hydrogens (primary N) is 1. The molecule has 1 atom stereocenters. The van der Waals surface area contributed by atoms with E-state index in [2.05, 4.69) is 38.2 Å². The zero-order valence-corrected chi connectivity index (χ0v) is 11.7. The van der Waals surface area contributed by atoms with Gasteiger partial charge in [-0.05, 0) is 44.6 Å². The molecule has 4 heteroatoms. The molecule has 1 aromatic rings. The van der Waals surface area contributed by atoms with Gasteiger partial charge in [-0.3, -0.25) is 16.0 Å². The molecule has 0 aliphatic rings. The van der Waals surface area contributed by atoms with Crippen LogP contribution >= 0.6 is 0 Å². The predicted octanol–water partition coefficient (Wildman–Crippen LogP) is 1.85. The minimum Gasteiger partial charge on any atom is -0.272 e. The van der Waals surface area contributed by atoms with Gasteiger partial charge in [0.15, 0.2) is 0 Å². The highest BCUT2D eigenvalue weighted by Crippen LogP contribution is 2.17. The molecular weight excluding hydrogens is 212 g/mol. The van der Waals surface area contributed by atoms with Gasteiger partial charge >= 0.3 is 0 Å². The number of hydrogen-bond acceptors (Lipinski definition) is 3. The van der Waals surface area contributed by atoms with Crippen molar-refractivity contribution in [2.75, 3.05) is 0 Å². The standard InChI is InChI=1S/C13H26N4/c1-9(2)8-12(15-14)6-7-13-10(3)16-17(5)11(13)4/h9,12,15H,6-8,14H2,1-5H3. The maximum atomic E-state index is 5.60. The first-order chi connectivity index (χ1) is 7.95. The lowest BCUT2D eigenvalue weighted by atomic mass is 9.97. The molecule has 0 aliphatic carbocycles. The summed E-state index contributed by atoms with van der Waals surface area (Å²) in [5.74, 6) is 6.27. The normalized spacial score (nSPS) is 13.4. The Morgan fingerprint density at radius 3 is 2.41 bits per heavy atom. The van der Waals surface area contributed by atoms with Gasteiger partial charge in [0.1, 0.15) is 0 Å². The fraction of sp³-hybridized carbons (Fsp3) is 0.769. The van der Waals surface area contributed by atoms with Crippen LogP contribution in [0.25, 0.3) is 0 Å².